The van der Waals surface area contributed by atoms with Crippen LogP contribution < -0.4 is 0 Å². The minimum Gasteiger partial charge on any atom is -0.478 e. The van der Waals surface area contributed by atoms with Gasteiger partial charge in [0.25, 0.3) is 0 Å². The van der Waals surface area contributed by atoms with Gasteiger partial charge < -0.3 is 15.1 Å². The second kappa shape index (κ2) is 10.0. The Morgan fingerprint density at radius 2 is 1.76 bits per heavy atom. The third-order valence-corrected chi connectivity index (χ3v) is 5.34. The number of benzene rings is 2. The summed E-state index contributed by atoms with van der Waals surface area (Å²) in [6, 6.07) is 16.8. The van der Waals surface area contributed by atoms with Crippen LogP contribution in [0.2, 0.25) is 0 Å². The smallest absolute Gasteiger partial charge is 0.335 e. The Hall–Kier alpha value is -2.92. The molecule has 0 radical (unpaired) electrons. The van der Waals surface area contributed by atoms with Gasteiger partial charge in [-0.1, -0.05) is 54.6 Å². The molecule has 5 heteroatoms. The summed E-state index contributed by atoms with van der Waals surface area (Å²) in [5.74, 6) is -0.817. The van der Waals surface area contributed by atoms with Crippen LogP contribution in [0.25, 0.3) is 0 Å². The number of amides is 1. The summed E-state index contributed by atoms with van der Waals surface area (Å²) in [7, 11) is 0. The Bertz CT molecular complexity index is 845. The highest BCUT2D eigenvalue weighted by Gasteiger charge is 2.28. The second-order valence-corrected chi connectivity index (χ2v) is 7.42. The topological polar surface area (TPSA) is 77.8 Å². The number of likely N-dealkylation sites (tertiary alicyclic amines) is 1. The highest BCUT2D eigenvalue weighted by molar-refractivity contribution is 5.87. The first-order chi connectivity index (χ1) is 14.0. The Labute approximate surface area is 171 Å². The number of aryl methyl sites for hydroxylation is 1. The van der Waals surface area contributed by atoms with E-state index in [2.05, 4.69) is 12.1 Å². The molecule has 2 aromatic rings. The standard InChI is InChI=1S/C24H27NO4/c26-22(13-8-18-4-2-1-3-5-18)14-11-21-12-15-23(27)25(21)17-16-19-6-9-20(10-7-19)24(28)29/h1-7,9-11,14,21-22,26H,8,12-13,15-17H2,(H,28,29)/b14-11+. The predicted octanol–water partition coefficient (Wildman–Crippen LogP) is 3.47. The Morgan fingerprint density at radius 1 is 1.07 bits per heavy atom. The molecule has 0 aromatic heterocycles. The minimum absolute atomic E-state index is 0.00664. The summed E-state index contributed by atoms with van der Waals surface area (Å²) >= 11 is 0. The van der Waals surface area contributed by atoms with Crippen LogP contribution in [-0.2, 0) is 17.6 Å². The fourth-order valence-electron chi connectivity index (χ4n) is 3.62. The highest BCUT2D eigenvalue weighted by atomic mass is 16.4. The van der Waals surface area contributed by atoms with E-state index in [4.69, 9.17) is 5.11 Å². The zero-order valence-electron chi connectivity index (χ0n) is 16.4. The van der Waals surface area contributed by atoms with Crippen molar-refractivity contribution in [1.29, 1.82) is 0 Å². The summed E-state index contributed by atoms with van der Waals surface area (Å²) in [6.07, 6.45) is 6.65. The van der Waals surface area contributed by atoms with Crippen molar-refractivity contribution in [2.45, 2.75) is 44.2 Å². The lowest BCUT2D eigenvalue weighted by Gasteiger charge is -2.23. The van der Waals surface area contributed by atoms with E-state index in [1.54, 1.807) is 30.3 Å². The van der Waals surface area contributed by atoms with Gasteiger partial charge in [0.15, 0.2) is 0 Å². The van der Waals surface area contributed by atoms with Gasteiger partial charge >= 0.3 is 5.97 Å². The summed E-state index contributed by atoms with van der Waals surface area (Å²) in [5, 5.41) is 19.2. The van der Waals surface area contributed by atoms with Crippen LogP contribution in [0.1, 0.15) is 40.7 Å². The molecule has 2 unspecified atom stereocenters. The van der Waals surface area contributed by atoms with E-state index in [1.807, 2.05) is 29.2 Å². The molecule has 2 atom stereocenters. The van der Waals surface area contributed by atoms with Crippen LogP contribution >= 0.6 is 0 Å². The van der Waals surface area contributed by atoms with E-state index in [0.717, 1.165) is 18.4 Å². The van der Waals surface area contributed by atoms with Crippen molar-refractivity contribution in [3.8, 4) is 0 Å². The number of nitrogens with zero attached hydrogens (tertiary/aromatic N) is 1. The molecule has 1 saturated heterocycles. The number of rotatable bonds is 9. The third kappa shape index (κ3) is 6.03. The van der Waals surface area contributed by atoms with E-state index in [-0.39, 0.29) is 17.5 Å². The lowest BCUT2D eigenvalue weighted by Crippen LogP contribution is -2.33. The first-order valence-corrected chi connectivity index (χ1v) is 10.0. The molecule has 152 valence electrons. The van der Waals surface area contributed by atoms with Gasteiger partial charge in [-0.2, -0.15) is 0 Å². The van der Waals surface area contributed by atoms with Crippen LogP contribution in [0.4, 0.5) is 0 Å². The van der Waals surface area contributed by atoms with Gasteiger partial charge in [0.2, 0.25) is 5.91 Å². The average molecular weight is 393 g/mol. The normalized spacial score (nSPS) is 17.8. The Morgan fingerprint density at radius 3 is 2.45 bits per heavy atom. The largest absolute Gasteiger partial charge is 0.478 e. The van der Waals surface area contributed by atoms with Crippen molar-refractivity contribution in [2.75, 3.05) is 6.54 Å². The molecule has 1 heterocycles. The van der Waals surface area contributed by atoms with Gasteiger partial charge in [-0.15, -0.1) is 0 Å². The lowest BCUT2D eigenvalue weighted by atomic mass is 10.1. The second-order valence-electron chi connectivity index (χ2n) is 7.42. The van der Waals surface area contributed by atoms with Crippen molar-refractivity contribution >= 4 is 11.9 Å². The third-order valence-electron chi connectivity index (χ3n) is 5.34. The van der Waals surface area contributed by atoms with Gasteiger partial charge in [-0.3, -0.25) is 4.79 Å². The number of aromatic carboxylic acids is 1. The fraction of sp³-hybridized carbons (Fsp3) is 0.333. The molecule has 1 aliphatic rings. The number of carbonyl (C=O) groups excluding carboxylic acids is 1. The highest BCUT2D eigenvalue weighted by Crippen LogP contribution is 2.21. The van der Waals surface area contributed by atoms with Crippen molar-refractivity contribution in [3.05, 3.63) is 83.4 Å². The number of carboxylic acid groups (broad SMARTS) is 1. The molecule has 2 aromatic carbocycles. The Kier molecular flexibility index (Phi) is 7.19. The first-order valence-electron chi connectivity index (χ1n) is 10.0. The van der Waals surface area contributed by atoms with Crippen molar-refractivity contribution in [1.82, 2.24) is 4.90 Å². The maximum absolute atomic E-state index is 12.3. The van der Waals surface area contributed by atoms with Crippen LogP contribution in [0.3, 0.4) is 0 Å². The molecular weight excluding hydrogens is 366 g/mol. The van der Waals surface area contributed by atoms with Gasteiger partial charge in [0.1, 0.15) is 0 Å². The number of hydrogen-bond donors (Lipinski definition) is 2. The molecule has 1 amide bonds. The average Bonchev–Trinajstić information content (AvgIpc) is 3.09. The number of carbonyl (C=O) groups is 2. The summed E-state index contributed by atoms with van der Waals surface area (Å²) in [6.45, 7) is 0.584. The molecule has 0 spiro atoms. The molecule has 29 heavy (non-hydrogen) atoms. The number of carboxylic acids is 1. The zero-order valence-corrected chi connectivity index (χ0v) is 16.4. The fourth-order valence-corrected chi connectivity index (χ4v) is 3.62. The van der Waals surface area contributed by atoms with Crippen molar-refractivity contribution in [2.24, 2.45) is 0 Å². The van der Waals surface area contributed by atoms with Gasteiger partial charge in [-0.25, -0.2) is 4.79 Å². The maximum atomic E-state index is 12.3. The van der Waals surface area contributed by atoms with Gasteiger partial charge in [-0.05, 0) is 48.9 Å². The van der Waals surface area contributed by atoms with Crippen molar-refractivity contribution < 1.29 is 19.8 Å². The summed E-state index contributed by atoms with van der Waals surface area (Å²) in [4.78, 5) is 25.0. The van der Waals surface area contributed by atoms with E-state index in [1.165, 1.54) is 5.56 Å². The van der Waals surface area contributed by atoms with E-state index >= 15 is 0 Å². The van der Waals surface area contributed by atoms with E-state index in [9.17, 15) is 14.7 Å². The van der Waals surface area contributed by atoms with E-state index in [0.29, 0.717) is 25.8 Å². The SMILES string of the molecule is O=C(O)c1ccc(CCN2C(=O)CCC2/C=C/C(O)CCc2ccccc2)cc1. The van der Waals surface area contributed by atoms with Crippen LogP contribution in [-0.4, -0.2) is 45.7 Å². The molecule has 0 aliphatic carbocycles. The van der Waals surface area contributed by atoms with E-state index < -0.39 is 12.1 Å². The van der Waals surface area contributed by atoms with Crippen molar-refractivity contribution in [3.63, 3.8) is 0 Å². The maximum Gasteiger partial charge on any atom is 0.335 e. The lowest BCUT2D eigenvalue weighted by molar-refractivity contribution is -0.128. The summed E-state index contributed by atoms with van der Waals surface area (Å²) < 4.78 is 0. The minimum atomic E-state index is -0.942. The van der Waals surface area contributed by atoms with Crippen LogP contribution in [0.15, 0.2) is 66.7 Å². The van der Waals surface area contributed by atoms with Gasteiger partial charge in [0, 0.05) is 13.0 Å². The molecule has 0 saturated carbocycles. The number of hydrogen-bond acceptors (Lipinski definition) is 3. The van der Waals surface area contributed by atoms with Crippen LogP contribution in [0.5, 0.6) is 0 Å². The predicted molar refractivity (Wildman–Crippen MR) is 112 cm³/mol. The molecule has 0 bridgehead atoms. The monoisotopic (exact) mass is 393 g/mol. The van der Waals surface area contributed by atoms with Crippen LogP contribution in [0, 0.1) is 0 Å². The molecule has 2 N–H and O–H groups in total. The molecule has 1 aliphatic heterocycles. The number of aliphatic hydroxyl groups excluding tert-OH is 1. The zero-order chi connectivity index (χ0) is 20.6. The Balaban J connectivity index is 1.51. The molecular formula is C24H27NO4. The molecule has 5 nitrogen and oxygen atoms in total. The molecule has 1 fully saturated rings. The molecule has 3 rings (SSSR count). The van der Waals surface area contributed by atoms with Gasteiger partial charge in [0.05, 0.1) is 17.7 Å². The quantitative estimate of drug-likeness (QED) is 0.640. The summed E-state index contributed by atoms with van der Waals surface area (Å²) in [5.41, 5.74) is 2.46. The number of aliphatic hydroxyl groups is 1. The first kappa shape index (κ1) is 20.8.